The molecule has 8 nitrogen and oxygen atoms in total. The summed E-state index contributed by atoms with van der Waals surface area (Å²) < 4.78 is 5.45. The number of fused-ring (bicyclic) bond motifs is 2. The monoisotopic (exact) mass is 439 g/mol. The predicted molar refractivity (Wildman–Crippen MR) is 129 cm³/mol. The van der Waals surface area contributed by atoms with Crippen LogP contribution in [0.4, 0.5) is 17.3 Å². The van der Waals surface area contributed by atoms with Crippen LogP contribution in [0.25, 0.3) is 22.3 Å². The van der Waals surface area contributed by atoms with Crippen LogP contribution in [-0.2, 0) is 17.7 Å². The minimum atomic E-state index is 0.452. The van der Waals surface area contributed by atoms with Crippen molar-refractivity contribution < 1.29 is 4.74 Å². The van der Waals surface area contributed by atoms with Crippen molar-refractivity contribution >= 4 is 28.4 Å². The number of anilines is 3. The highest BCUT2D eigenvalue weighted by Crippen LogP contribution is 2.35. The van der Waals surface area contributed by atoms with Gasteiger partial charge in [0.05, 0.1) is 30.0 Å². The van der Waals surface area contributed by atoms with Gasteiger partial charge < -0.3 is 20.3 Å². The number of benzene rings is 1. The molecule has 3 aromatic heterocycles. The molecule has 0 atom stereocenters. The van der Waals surface area contributed by atoms with Crippen LogP contribution in [0, 0.1) is 0 Å². The van der Waals surface area contributed by atoms with Crippen LogP contribution in [0.3, 0.4) is 0 Å². The second-order valence-electron chi connectivity index (χ2n) is 8.43. The zero-order valence-electron chi connectivity index (χ0n) is 18.3. The minimum absolute atomic E-state index is 0.452. The Kier molecular flexibility index (Phi) is 4.99. The number of nitrogens with two attached hydrogens (primary N) is 1. The zero-order valence-corrected chi connectivity index (χ0v) is 18.3. The Hall–Kier alpha value is -3.78. The third kappa shape index (κ3) is 3.72. The predicted octanol–water partition coefficient (Wildman–Crippen LogP) is 3.07. The Balaban J connectivity index is 1.40. The molecule has 0 saturated carbocycles. The highest BCUT2D eigenvalue weighted by molar-refractivity contribution is 5.99. The van der Waals surface area contributed by atoms with E-state index >= 15 is 0 Å². The van der Waals surface area contributed by atoms with E-state index in [-0.39, 0.29) is 0 Å². The molecule has 1 saturated heterocycles. The average Bonchev–Trinajstić information content (AvgIpc) is 2.88. The van der Waals surface area contributed by atoms with Crippen molar-refractivity contribution in [2.75, 3.05) is 48.4 Å². The van der Waals surface area contributed by atoms with Gasteiger partial charge in [0.15, 0.2) is 5.65 Å². The van der Waals surface area contributed by atoms with E-state index in [2.05, 4.69) is 62.2 Å². The zero-order chi connectivity index (χ0) is 22.2. The highest BCUT2D eigenvalue weighted by Gasteiger charge is 2.22. The molecule has 4 aromatic rings. The van der Waals surface area contributed by atoms with Crippen molar-refractivity contribution in [2.24, 2.45) is 0 Å². The quantitative estimate of drug-likeness (QED) is 0.521. The van der Waals surface area contributed by atoms with Crippen molar-refractivity contribution in [1.29, 1.82) is 0 Å². The maximum Gasteiger partial charge on any atom is 0.167 e. The minimum Gasteiger partial charge on any atom is -0.383 e. The largest absolute Gasteiger partial charge is 0.383 e. The Bertz CT molecular complexity index is 1300. The van der Waals surface area contributed by atoms with Gasteiger partial charge in [-0.15, -0.1) is 0 Å². The first-order valence-electron chi connectivity index (χ1n) is 11.3. The fourth-order valence-electron chi connectivity index (χ4n) is 4.68. The molecule has 33 heavy (non-hydrogen) atoms. The first kappa shape index (κ1) is 19.9. The van der Waals surface area contributed by atoms with E-state index in [0.29, 0.717) is 11.5 Å². The number of pyridine rings is 2. The molecule has 0 radical (unpaired) electrons. The maximum atomic E-state index is 6.30. The number of nitrogen functional groups attached to an aromatic ring is 1. The summed E-state index contributed by atoms with van der Waals surface area (Å²) >= 11 is 0. The van der Waals surface area contributed by atoms with Crippen LogP contribution in [0.2, 0.25) is 0 Å². The second-order valence-corrected chi connectivity index (χ2v) is 8.43. The lowest BCUT2D eigenvalue weighted by Crippen LogP contribution is -2.36. The van der Waals surface area contributed by atoms with Gasteiger partial charge in [0.2, 0.25) is 0 Å². The lowest BCUT2D eigenvalue weighted by atomic mass is 9.99. The summed E-state index contributed by atoms with van der Waals surface area (Å²) in [5, 5.41) is 0.804. The Morgan fingerprint density at radius 3 is 2.55 bits per heavy atom. The summed E-state index contributed by atoms with van der Waals surface area (Å²) in [6.07, 6.45) is 4.35. The third-order valence-corrected chi connectivity index (χ3v) is 6.46. The summed E-state index contributed by atoms with van der Waals surface area (Å²) in [7, 11) is 0. The van der Waals surface area contributed by atoms with E-state index in [1.165, 1.54) is 17.5 Å². The molecular weight excluding hydrogens is 414 g/mol. The average molecular weight is 440 g/mol. The van der Waals surface area contributed by atoms with Crippen LogP contribution in [0.5, 0.6) is 0 Å². The second kappa shape index (κ2) is 8.29. The molecule has 0 aliphatic carbocycles. The third-order valence-electron chi connectivity index (χ3n) is 6.46. The molecule has 0 bridgehead atoms. The molecule has 0 spiro atoms. The SMILES string of the molecule is Nc1ncnc2nc(-c3ccc(N4CCOCC4)nc3)cc(N3CCc4ccccc4C3)c12. The molecular formula is C25H25N7O. The molecule has 8 heteroatoms. The van der Waals surface area contributed by atoms with Crippen LogP contribution in [-0.4, -0.2) is 52.8 Å². The fraction of sp³-hybridized carbons (Fsp3) is 0.280. The summed E-state index contributed by atoms with van der Waals surface area (Å²) in [5.41, 5.74) is 12.4. The van der Waals surface area contributed by atoms with Crippen LogP contribution in [0.15, 0.2) is 55.0 Å². The normalized spacial score (nSPS) is 16.1. The maximum absolute atomic E-state index is 6.30. The number of hydrogen-bond donors (Lipinski definition) is 1. The van der Waals surface area contributed by atoms with Gasteiger partial charge in [-0.2, -0.15) is 0 Å². The van der Waals surface area contributed by atoms with Crippen molar-refractivity contribution in [3.63, 3.8) is 0 Å². The highest BCUT2D eigenvalue weighted by atomic mass is 16.5. The van der Waals surface area contributed by atoms with Crippen molar-refractivity contribution in [2.45, 2.75) is 13.0 Å². The number of ether oxygens (including phenoxy) is 1. The van der Waals surface area contributed by atoms with Crippen molar-refractivity contribution in [1.82, 2.24) is 19.9 Å². The van der Waals surface area contributed by atoms with Crippen molar-refractivity contribution in [3.05, 3.63) is 66.1 Å². The van der Waals surface area contributed by atoms with Crippen LogP contribution in [0.1, 0.15) is 11.1 Å². The van der Waals surface area contributed by atoms with Crippen molar-refractivity contribution in [3.8, 4) is 11.3 Å². The van der Waals surface area contributed by atoms with E-state index in [1.54, 1.807) is 0 Å². The number of morpholine rings is 1. The van der Waals surface area contributed by atoms with E-state index in [9.17, 15) is 0 Å². The van der Waals surface area contributed by atoms with Gasteiger partial charge in [-0.1, -0.05) is 24.3 Å². The summed E-state index contributed by atoms with van der Waals surface area (Å²) in [6, 6.07) is 14.8. The standard InChI is InChI=1S/C25H25N7O/c26-24-23-21(32-8-7-17-3-1-2-4-19(17)15-32)13-20(30-25(23)29-16-28-24)18-5-6-22(27-14-18)31-9-11-33-12-10-31/h1-6,13-14,16H,7-12,15H2,(H2,26,28,29,30). The van der Waals surface area contributed by atoms with Gasteiger partial charge in [-0.3, -0.25) is 0 Å². The van der Waals surface area contributed by atoms with Crippen LogP contribution >= 0.6 is 0 Å². The summed E-state index contributed by atoms with van der Waals surface area (Å²) in [6.45, 7) is 4.91. The van der Waals surface area contributed by atoms with Gasteiger partial charge >= 0.3 is 0 Å². The summed E-state index contributed by atoms with van der Waals surface area (Å²) in [5.74, 6) is 1.41. The van der Waals surface area contributed by atoms with Gasteiger partial charge in [0.1, 0.15) is 18.0 Å². The lowest BCUT2D eigenvalue weighted by molar-refractivity contribution is 0.122. The first-order chi connectivity index (χ1) is 16.3. The van der Waals surface area contributed by atoms with Gasteiger partial charge in [0, 0.05) is 37.9 Å². The first-order valence-corrected chi connectivity index (χ1v) is 11.3. The lowest BCUT2D eigenvalue weighted by Gasteiger charge is -2.32. The molecule has 6 rings (SSSR count). The van der Waals surface area contributed by atoms with E-state index < -0.39 is 0 Å². The van der Waals surface area contributed by atoms with Gasteiger partial charge in [-0.25, -0.2) is 19.9 Å². The molecule has 5 heterocycles. The number of rotatable bonds is 3. The molecule has 1 fully saturated rings. The molecule has 166 valence electrons. The smallest absolute Gasteiger partial charge is 0.167 e. The Morgan fingerprint density at radius 2 is 1.73 bits per heavy atom. The van der Waals surface area contributed by atoms with E-state index in [1.807, 2.05) is 6.20 Å². The molecule has 2 aliphatic rings. The molecule has 2 N–H and O–H groups in total. The van der Waals surface area contributed by atoms with Gasteiger partial charge in [0.25, 0.3) is 0 Å². The molecule has 1 aromatic carbocycles. The van der Waals surface area contributed by atoms with E-state index in [4.69, 9.17) is 20.4 Å². The number of aromatic nitrogens is 4. The Labute approximate surface area is 192 Å². The molecule has 2 aliphatic heterocycles. The van der Waals surface area contributed by atoms with E-state index in [0.717, 1.165) is 74.0 Å². The Morgan fingerprint density at radius 1 is 0.879 bits per heavy atom. The number of hydrogen-bond acceptors (Lipinski definition) is 8. The summed E-state index contributed by atoms with van der Waals surface area (Å²) in [4.78, 5) is 22.8. The topological polar surface area (TPSA) is 93.3 Å². The number of nitrogens with zero attached hydrogens (tertiary/aromatic N) is 6. The molecule has 0 amide bonds. The molecule has 0 unspecified atom stereocenters. The van der Waals surface area contributed by atoms with Gasteiger partial charge in [-0.05, 0) is 35.7 Å². The van der Waals surface area contributed by atoms with Crippen LogP contribution < -0.4 is 15.5 Å². The fourth-order valence-corrected chi connectivity index (χ4v) is 4.68.